The van der Waals surface area contributed by atoms with Crippen molar-refractivity contribution in [1.29, 1.82) is 0 Å². The first kappa shape index (κ1) is 15.9. The van der Waals surface area contributed by atoms with E-state index in [1.165, 1.54) is 6.07 Å². The second-order valence-corrected chi connectivity index (χ2v) is 5.43. The van der Waals surface area contributed by atoms with E-state index in [2.05, 4.69) is 26.3 Å². The van der Waals surface area contributed by atoms with Gasteiger partial charge in [-0.2, -0.15) is 13.2 Å². The van der Waals surface area contributed by atoms with Crippen LogP contribution in [0.5, 0.6) is 0 Å². The Bertz CT molecular complexity index is 602. The van der Waals surface area contributed by atoms with Gasteiger partial charge in [0.1, 0.15) is 0 Å². The lowest BCUT2D eigenvalue weighted by molar-refractivity contribution is -0.138. The van der Waals surface area contributed by atoms with E-state index in [1.54, 1.807) is 30.6 Å². The molecule has 2 rings (SSSR count). The third-order valence-electron chi connectivity index (χ3n) is 3.06. The first-order chi connectivity index (χ1) is 9.91. The largest absolute Gasteiger partial charge is 0.416 e. The lowest BCUT2D eigenvalue weighted by Crippen LogP contribution is -2.31. The highest BCUT2D eigenvalue weighted by molar-refractivity contribution is 9.10. The molecule has 3 N–H and O–H groups in total. The number of nitrogens with zero attached hydrogens (tertiary/aromatic N) is 1. The normalized spacial score (nSPS) is 13.2. The van der Waals surface area contributed by atoms with Crippen molar-refractivity contribution in [3.63, 3.8) is 0 Å². The maximum absolute atomic E-state index is 13.2. The number of halogens is 4. The van der Waals surface area contributed by atoms with Crippen LogP contribution in [0.4, 0.5) is 13.2 Å². The zero-order chi connectivity index (χ0) is 15.5. The maximum atomic E-state index is 13.2. The van der Waals surface area contributed by atoms with Crippen LogP contribution in [-0.4, -0.2) is 4.98 Å². The smallest absolute Gasteiger partial charge is 0.271 e. The van der Waals surface area contributed by atoms with Crippen LogP contribution in [0, 0.1) is 0 Å². The second-order valence-electron chi connectivity index (χ2n) is 4.51. The molecule has 0 amide bonds. The van der Waals surface area contributed by atoms with Gasteiger partial charge in [0.25, 0.3) is 0 Å². The molecule has 3 nitrogen and oxygen atoms in total. The molecule has 21 heavy (non-hydrogen) atoms. The Morgan fingerprint density at radius 1 is 1.29 bits per heavy atom. The highest BCUT2D eigenvalue weighted by atomic mass is 79.9. The molecule has 0 saturated carbocycles. The Hall–Kier alpha value is -1.44. The summed E-state index contributed by atoms with van der Waals surface area (Å²) in [6, 6.07) is 6.92. The summed E-state index contributed by atoms with van der Waals surface area (Å²) in [4.78, 5) is 3.95. The number of hydrogen-bond acceptors (Lipinski definition) is 3. The molecule has 0 aliphatic heterocycles. The highest BCUT2D eigenvalue weighted by Crippen LogP contribution is 2.36. The Kier molecular flexibility index (Phi) is 4.97. The summed E-state index contributed by atoms with van der Waals surface area (Å²) in [5.41, 5.74) is 2.66. The molecule has 0 aliphatic carbocycles. The summed E-state index contributed by atoms with van der Waals surface area (Å²) >= 11 is 3.06. The van der Waals surface area contributed by atoms with Crippen molar-refractivity contribution in [2.45, 2.75) is 18.6 Å². The number of hydrogen-bond donors (Lipinski definition) is 2. The third-order valence-corrected chi connectivity index (χ3v) is 3.55. The maximum Gasteiger partial charge on any atom is 0.416 e. The first-order valence-electron chi connectivity index (χ1n) is 6.13. The quantitative estimate of drug-likeness (QED) is 0.647. The molecule has 0 saturated heterocycles. The fourth-order valence-electron chi connectivity index (χ4n) is 2.09. The molecule has 1 heterocycles. The average molecular weight is 360 g/mol. The first-order valence-corrected chi connectivity index (χ1v) is 6.93. The molecule has 0 aliphatic rings. The van der Waals surface area contributed by atoms with Crippen LogP contribution in [0.1, 0.15) is 22.7 Å². The molecular weight excluding hydrogens is 347 g/mol. The summed E-state index contributed by atoms with van der Waals surface area (Å²) in [7, 11) is 0. The minimum Gasteiger partial charge on any atom is -0.271 e. The number of nitrogens with two attached hydrogens (primary N) is 1. The van der Waals surface area contributed by atoms with Gasteiger partial charge in [0, 0.05) is 16.9 Å². The Morgan fingerprint density at radius 3 is 2.62 bits per heavy atom. The van der Waals surface area contributed by atoms with Crippen molar-refractivity contribution in [3.05, 3.63) is 63.9 Å². The molecule has 1 atom stereocenters. The van der Waals surface area contributed by atoms with Crippen molar-refractivity contribution in [1.82, 2.24) is 10.4 Å². The molecule has 0 spiro atoms. The highest BCUT2D eigenvalue weighted by Gasteiger charge is 2.35. The predicted molar refractivity (Wildman–Crippen MR) is 77.1 cm³/mol. The molecule has 7 heteroatoms. The fourth-order valence-corrected chi connectivity index (χ4v) is 2.45. The van der Waals surface area contributed by atoms with E-state index in [4.69, 9.17) is 5.84 Å². The summed E-state index contributed by atoms with van der Waals surface area (Å²) in [6.45, 7) is 0. The zero-order valence-electron chi connectivity index (χ0n) is 10.9. The number of rotatable bonds is 4. The van der Waals surface area contributed by atoms with E-state index in [0.29, 0.717) is 10.9 Å². The molecule has 1 aromatic carbocycles. The summed E-state index contributed by atoms with van der Waals surface area (Å²) in [6.07, 6.45) is -0.913. The molecule has 0 bridgehead atoms. The van der Waals surface area contributed by atoms with Gasteiger partial charge in [-0.25, -0.2) is 0 Å². The van der Waals surface area contributed by atoms with Crippen LogP contribution in [0.25, 0.3) is 0 Å². The van der Waals surface area contributed by atoms with Gasteiger partial charge >= 0.3 is 6.18 Å². The second kappa shape index (κ2) is 6.55. The monoisotopic (exact) mass is 359 g/mol. The van der Waals surface area contributed by atoms with E-state index in [9.17, 15) is 13.2 Å². The van der Waals surface area contributed by atoms with E-state index in [0.717, 1.165) is 11.6 Å². The van der Waals surface area contributed by atoms with Gasteiger partial charge in [0.05, 0.1) is 11.6 Å². The molecule has 1 aromatic heterocycles. The summed E-state index contributed by atoms with van der Waals surface area (Å²) in [5.74, 6) is 5.45. The Labute approximate surface area is 128 Å². The lowest BCUT2D eigenvalue weighted by atomic mass is 9.95. The van der Waals surface area contributed by atoms with Crippen LogP contribution < -0.4 is 11.3 Å². The minimum atomic E-state index is -4.44. The SMILES string of the molecule is NNC(Cc1cccnc1)c1ccc(Br)cc1C(F)(F)F. The molecule has 0 fully saturated rings. The van der Waals surface area contributed by atoms with Gasteiger partial charge in [0.2, 0.25) is 0 Å². The van der Waals surface area contributed by atoms with Gasteiger partial charge < -0.3 is 0 Å². The van der Waals surface area contributed by atoms with Crippen LogP contribution in [-0.2, 0) is 12.6 Å². The van der Waals surface area contributed by atoms with Gasteiger partial charge in [-0.3, -0.25) is 16.3 Å². The standard InChI is InChI=1S/C14H13BrF3N3/c15-10-3-4-11(12(7-10)14(16,17)18)13(21-19)6-9-2-1-5-20-8-9/h1-5,7-8,13,21H,6,19H2. The number of hydrazine groups is 1. The molecule has 1 unspecified atom stereocenters. The van der Waals surface area contributed by atoms with Crippen molar-refractivity contribution >= 4 is 15.9 Å². The fraction of sp³-hybridized carbons (Fsp3) is 0.214. The number of alkyl halides is 3. The zero-order valence-corrected chi connectivity index (χ0v) is 12.4. The van der Waals surface area contributed by atoms with E-state index >= 15 is 0 Å². The minimum absolute atomic E-state index is 0.108. The number of pyridine rings is 1. The van der Waals surface area contributed by atoms with Crippen molar-refractivity contribution in [2.75, 3.05) is 0 Å². The predicted octanol–water partition coefficient (Wildman–Crippen LogP) is 3.61. The van der Waals surface area contributed by atoms with E-state index in [1.807, 2.05) is 0 Å². The number of nitrogens with one attached hydrogen (secondary N) is 1. The average Bonchev–Trinajstić information content (AvgIpc) is 2.45. The molecule has 0 radical (unpaired) electrons. The summed E-state index contributed by atoms with van der Waals surface area (Å²) < 4.78 is 39.9. The van der Waals surface area contributed by atoms with E-state index in [-0.39, 0.29) is 5.56 Å². The van der Waals surface area contributed by atoms with Crippen LogP contribution in [0.2, 0.25) is 0 Å². The van der Waals surface area contributed by atoms with Crippen molar-refractivity contribution in [2.24, 2.45) is 5.84 Å². The molecule has 2 aromatic rings. The van der Waals surface area contributed by atoms with Gasteiger partial charge in [0.15, 0.2) is 0 Å². The number of benzene rings is 1. The van der Waals surface area contributed by atoms with Gasteiger partial charge in [-0.1, -0.05) is 28.1 Å². The van der Waals surface area contributed by atoms with Crippen LogP contribution in [0.3, 0.4) is 0 Å². The topological polar surface area (TPSA) is 50.9 Å². The van der Waals surface area contributed by atoms with Crippen molar-refractivity contribution < 1.29 is 13.2 Å². The molecule has 112 valence electrons. The van der Waals surface area contributed by atoms with Gasteiger partial charge in [-0.05, 0) is 35.7 Å². The van der Waals surface area contributed by atoms with Crippen LogP contribution >= 0.6 is 15.9 Å². The van der Waals surface area contributed by atoms with Gasteiger partial charge in [-0.15, -0.1) is 0 Å². The van der Waals surface area contributed by atoms with Crippen LogP contribution in [0.15, 0.2) is 47.2 Å². The molecular formula is C14H13BrF3N3. The van der Waals surface area contributed by atoms with Crippen molar-refractivity contribution in [3.8, 4) is 0 Å². The summed E-state index contributed by atoms with van der Waals surface area (Å²) in [5, 5.41) is 0. The Balaban J connectivity index is 2.38. The van der Waals surface area contributed by atoms with E-state index < -0.39 is 17.8 Å². The third kappa shape index (κ3) is 4.03. The lowest BCUT2D eigenvalue weighted by Gasteiger charge is -2.21. The Morgan fingerprint density at radius 2 is 2.05 bits per heavy atom. The number of aromatic nitrogens is 1.